The molecule has 0 amide bonds. The van der Waals surface area contributed by atoms with E-state index in [0.717, 1.165) is 25.7 Å². The lowest BCUT2D eigenvalue weighted by atomic mass is 9.90. The van der Waals surface area contributed by atoms with Crippen molar-refractivity contribution in [1.82, 2.24) is 0 Å². The predicted octanol–water partition coefficient (Wildman–Crippen LogP) is 2.84. The summed E-state index contributed by atoms with van der Waals surface area (Å²) in [6, 6.07) is 0. The van der Waals surface area contributed by atoms with Crippen LogP contribution in [0.1, 0.15) is 33.1 Å². The Morgan fingerprint density at radius 3 is 2.60 bits per heavy atom. The SMILES string of the molecule is CC1(C)OCC(CCC2CCOC2)C1Cl. The fraction of sp³-hybridized carbons (Fsp3) is 1.00. The highest BCUT2D eigenvalue weighted by atomic mass is 35.5. The molecule has 0 aromatic carbocycles. The maximum absolute atomic E-state index is 6.40. The molecule has 2 rings (SSSR count). The van der Waals surface area contributed by atoms with Crippen LogP contribution in [0.3, 0.4) is 0 Å². The largest absolute Gasteiger partial charge is 0.381 e. The molecule has 0 aromatic rings. The molecular formula is C12H21ClO2. The quantitative estimate of drug-likeness (QED) is 0.697. The van der Waals surface area contributed by atoms with E-state index in [1.165, 1.54) is 19.3 Å². The molecular weight excluding hydrogens is 212 g/mol. The van der Waals surface area contributed by atoms with Gasteiger partial charge in [-0.2, -0.15) is 0 Å². The molecule has 2 aliphatic rings. The summed E-state index contributed by atoms with van der Waals surface area (Å²) in [5.41, 5.74) is -0.140. The van der Waals surface area contributed by atoms with Gasteiger partial charge in [-0.25, -0.2) is 0 Å². The van der Waals surface area contributed by atoms with Crippen LogP contribution in [0.4, 0.5) is 0 Å². The van der Waals surface area contributed by atoms with Crippen LogP contribution in [-0.2, 0) is 9.47 Å². The Bertz CT molecular complexity index is 212. The molecule has 3 atom stereocenters. The van der Waals surface area contributed by atoms with Gasteiger partial charge in [0, 0.05) is 19.1 Å². The molecule has 0 N–H and O–H groups in total. The van der Waals surface area contributed by atoms with Crippen LogP contribution in [0.15, 0.2) is 0 Å². The number of rotatable bonds is 3. The average molecular weight is 233 g/mol. The third-order valence-electron chi connectivity index (χ3n) is 3.72. The van der Waals surface area contributed by atoms with Crippen LogP contribution in [0.25, 0.3) is 0 Å². The van der Waals surface area contributed by atoms with Gasteiger partial charge in [0.25, 0.3) is 0 Å². The first-order valence-electron chi connectivity index (χ1n) is 5.95. The highest BCUT2D eigenvalue weighted by Crippen LogP contribution is 2.37. The highest BCUT2D eigenvalue weighted by Gasteiger charge is 2.41. The van der Waals surface area contributed by atoms with Crippen LogP contribution in [0.2, 0.25) is 0 Å². The van der Waals surface area contributed by atoms with Crippen LogP contribution in [0.5, 0.6) is 0 Å². The van der Waals surface area contributed by atoms with E-state index in [2.05, 4.69) is 13.8 Å². The molecule has 0 aliphatic carbocycles. The second-order valence-electron chi connectivity index (χ2n) is 5.38. The fourth-order valence-corrected chi connectivity index (χ4v) is 2.81. The Labute approximate surface area is 97.3 Å². The van der Waals surface area contributed by atoms with E-state index in [1.54, 1.807) is 0 Å². The zero-order chi connectivity index (χ0) is 10.9. The highest BCUT2D eigenvalue weighted by molar-refractivity contribution is 6.21. The van der Waals surface area contributed by atoms with Gasteiger partial charge in [0.05, 0.1) is 17.6 Å². The van der Waals surface area contributed by atoms with Crippen molar-refractivity contribution in [2.45, 2.75) is 44.1 Å². The lowest BCUT2D eigenvalue weighted by Gasteiger charge is -2.23. The molecule has 2 fully saturated rings. The van der Waals surface area contributed by atoms with Crippen molar-refractivity contribution in [2.24, 2.45) is 11.8 Å². The van der Waals surface area contributed by atoms with Gasteiger partial charge >= 0.3 is 0 Å². The van der Waals surface area contributed by atoms with Gasteiger partial charge in [-0.05, 0) is 39.0 Å². The first kappa shape index (κ1) is 11.7. The molecule has 3 unspecified atom stereocenters. The van der Waals surface area contributed by atoms with Gasteiger partial charge < -0.3 is 9.47 Å². The van der Waals surface area contributed by atoms with E-state index in [9.17, 15) is 0 Å². The van der Waals surface area contributed by atoms with Crippen molar-refractivity contribution in [3.8, 4) is 0 Å². The van der Waals surface area contributed by atoms with Crippen LogP contribution >= 0.6 is 11.6 Å². The number of hydrogen-bond acceptors (Lipinski definition) is 2. The minimum atomic E-state index is -0.140. The van der Waals surface area contributed by atoms with Crippen LogP contribution in [0, 0.1) is 11.8 Å². The van der Waals surface area contributed by atoms with E-state index in [4.69, 9.17) is 21.1 Å². The van der Waals surface area contributed by atoms with Gasteiger partial charge in [-0.3, -0.25) is 0 Å². The fourth-order valence-electron chi connectivity index (χ4n) is 2.54. The van der Waals surface area contributed by atoms with Gasteiger partial charge in [0.2, 0.25) is 0 Å². The van der Waals surface area contributed by atoms with Gasteiger partial charge in [0.15, 0.2) is 0 Å². The Morgan fingerprint density at radius 2 is 2.07 bits per heavy atom. The molecule has 3 heteroatoms. The average Bonchev–Trinajstić information content (AvgIpc) is 2.76. The van der Waals surface area contributed by atoms with E-state index < -0.39 is 0 Å². The van der Waals surface area contributed by atoms with Gasteiger partial charge in [0.1, 0.15) is 0 Å². The molecule has 0 radical (unpaired) electrons. The zero-order valence-electron chi connectivity index (χ0n) is 9.67. The van der Waals surface area contributed by atoms with Crippen molar-refractivity contribution in [3.05, 3.63) is 0 Å². The lowest BCUT2D eigenvalue weighted by molar-refractivity contribution is 0.0362. The molecule has 2 nitrogen and oxygen atoms in total. The minimum absolute atomic E-state index is 0.140. The van der Waals surface area contributed by atoms with Crippen LogP contribution in [-0.4, -0.2) is 30.8 Å². The van der Waals surface area contributed by atoms with Crippen molar-refractivity contribution in [1.29, 1.82) is 0 Å². The summed E-state index contributed by atoms with van der Waals surface area (Å²) in [6.07, 6.45) is 3.66. The number of hydrogen-bond donors (Lipinski definition) is 0. The van der Waals surface area contributed by atoms with E-state index in [1.807, 2.05) is 0 Å². The Hall–Kier alpha value is 0.210. The normalized spacial score (nSPS) is 39.8. The van der Waals surface area contributed by atoms with Gasteiger partial charge in [-0.15, -0.1) is 11.6 Å². The van der Waals surface area contributed by atoms with E-state index in [-0.39, 0.29) is 11.0 Å². The van der Waals surface area contributed by atoms with Crippen molar-refractivity contribution >= 4 is 11.6 Å². The third kappa shape index (κ3) is 2.66. The monoisotopic (exact) mass is 232 g/mol. The van der Waals surface area contributed by atoms with E-state index >= 15 is 0 Å². The van der Waals surface area contributed by atoms with Crippen molar-refractivity contribution < 1.29 is 9.47 Å². The molecule has 0 spiro atoms. The summed E-state index contributed by atoms with van der Waals surface area (Å²) in [5, 5.41) is 0.167. The minimum Gasteiger partial charge on any atom is -0.381 e. The molecule has 2 aliphatic heterocycles. The predicted molar refractivity (Wildman–Crippen MR) is 61.3 cm³/mol. The molecule has 0 aromatic heterocycles. The first-order chi connectivity index (χ1) is 7.09. The summed E-state index contributed by atoms with van der Waals surface area (Å²) in [5.74, 6) is 1.29. The summed E-state index contributed by atoms with van der Waals surface area (Å²) in [6.45, 7) is 6.90. The molecule has 0 bridgehead atoms. The Balaban J connectivity index is 1.75. The topological polar surface area (TPSA) is 18.5 Å². The summed E-state index contributed by atoms with van der Waals surface area (Å²) < 4.78 is 11.1. The number of ether oxygens (including phenoxy) is 2. The standard InChI is InChI=1S/C12H21ClO2/c1-12(2)11(13)10(8-15-12)4-3-9-5-6-14-7-9/h9-11H,3-8H2,1-2H3. The summed E-state index contributed by atoms with van der Waals surface area (Å²) >= 11 is 6.40. The van der Waals surface area contributed by atoms with Crippen LogP contribution < -0.4 is 0 Å². The zero-order valence-corrected chi connectivity index (χ0v) is 10.4. The number of halogens is 1. The van der Waals surface area contributed by atoms with E-state index in [0.29, 0.717) is 5.92 Å². The second kappa shape index (κ2) is 4.60. The summed E-state index contributed by atoms with van der Waals surface area (Å²) in [7, 11) is 0. The molecule has 2 saturated heterocycles. The Morgan fingerprint density at radius 1 is 1.27 bits per heavy atom. The number of alkyl halides is 1. The maximum Gasteiger partial charge on any atom is 0.0793 e. The van der Waals surface area contributed by atoms with Gasteiger partial charge in [-0.1, -0.05) is 0 Å². The Kier molecular flexibility index (Phi) is 3.59. The first-order valence-corrected chi connectivity index (χ1v) is 6.39. The summed E-state index contributed by atoms with van der Waals surface area (Å²) in [4.78, 5) is 0. The molecule has 88 valence electrons. The lowest BCUT2D eigenvalue weighted by Crippen LogP contribution is -2.30. The second-order valence-corrected chi connectivity index (χ2v) is 5.85. The molecule has 0 saturated carbocycles. The van der Waals surface area contributed by atoms with Crippen molar-refractivity contribution in [3.63, 3.8) is 0 Å². The smallest absolute Gasteiger partial charge is 0.0793 e. The third-order valence-corrected chi connectivity index (χ3v) is 4.60. The molecule has 2 heterocycles. The maximum atomic E-state index is 6.40. The molecule has 15 heavy (non-hydrogen) atoms. The van der Waals surface area contributed by atoms with Crippen molar-refractivity contribution in [2.75, 3.05) is 19.8 Å².